The van der Waals surface area contributed by atoms with E-state index < -0.39 is 0 Å². The van der Waals surface area contributed by atoms with E-state index in [1.807, 2.05) is 18.5 Å². The van der Waals surface area contributed by atoms with Crippen molar-refractivity contribution < 1.29 is 0 Å². The Morgan fingerprint density at radius 1 is 0.963 bits per heavy atom. The summed E-state index contributed by atoms with van der Waals surface area (Å²) in [5.74, 6) is 0.847. The summed E-state index contributed by atoms with van der Waals surface area (Å²) in [4.78, 5) is 11.1. The van der Waals surface area contributed by atoms with Crippen molar-refractivity contribution in [2.75, 3.05) is 18.0 Å². The summed E-state index contributed by atoms with van der Waals surface area (Å²) < 4.78 is 0. The van der Waals surface area contributed by atoms with E-state index in [0.717, 1.165) is 32.0 Å². The van der Waals surface area contributed by atoms with Gasteiger partial charge >= 0.3 is 0 Å². The number of piperidine rings is 1. The van der Waals surface area contributed by atoms with Crippen molar-refractivity contribution >= 4 is 5.95 Å². The third-order valence-electron chi connectivity index (χ3n) is 5.71. The first-order chi connectivity index (χ1) is 13.4. The van der Waals surface area contributed by atoms with Gasteiger partial charge in [0.2, 0.25) is 5.95 Å². The molecule has 0 bridgehead atoms. The predicted octanol–water partition coefficient (Wildman–Crippen LogP) is 3.81. The smallest absolute Gasteiger partial charge is 0.225 e. The first kappa shape index (κ1) is 16.5. The van der Waals surface area contributed by atoms with Crippen LogP contribution in [0.1, 0.15) is 29.5 Å². The summed E-state index contributed by atoms with van der Waals surface area (Å²) in [6.45, 7) is 2.93. The fraction of sp³-hybridized carbons (Fsp3) is 0.304. The van der Waals surface area contributed by atoms with Crippen molar-refractivity contribution in [3.05, 3.63) is 77.6 Å². The van der Waals surface area contributed by atoms with Gasteiger partial charge in [-0.25, -0.2) is 9.97 Å². The highest BCUT2D eigenvalue weighted by molar-refractivity contribution is 5.76. The molecule has 27 heavy (non-hydrogen) atoms. The van der Waals surface area contributed by atoms with E-state index in [2.05, 4.69) is 62.6 Å². The minimum atomic E-state index is 0.480. The van der Waals surface area contributed by atoms with Gasteiger partial charge in [-0.05, 0) is 53.1 Å². The molecule has 4 heteroatoms. The number of nitrogens with one attached hydrogen (secondary N) is 1. The van der Waals surface area contributed by atoms with Crippen molar-refractivity contribution in [1.29, 1.82) is 0 Å². The molecule has 3 aromatic rings. The van der Waals surface area contributed by atoms with Crippen LogP contribution >= 0.6 is 0 Å². The van der Waals surface area contributed by atoms with E-state index in [1.165, 1.54) is 40.7 Å². The number of fused-ring (bicyclic) bond motifs is 3. The van der Waals surface area contributed by atoms with Crippen LogP contribution in [0.2, 0.25) is 0 Å². The summed E-state index contributed by atoms with van der Waals surface area (Å²) in [5, 5.41) is 3.75. The number of anilines is 1. The molecule has 1 fully saturated rings. The molecule has 1 aliphatic heterocycles. The highest BCUT2D eigenvalue weighted by atomic mass is 15.3. The Labute approximate surface area is 160 Å². The fourth-order valence-electron chi connectivity index (χ4n) is 4.35. The molecule has 1 atom stereocenters. The first-order valence-corrected chi connectivity index (χ1v) is 9.82. The fourth-order valence-corrected chi connectivity index (χ4v) is 4.35. The van der Waals surface area contributed by atoms with E-state index in [9.17, 15) is 0 Å². The van der Waals surface area contributed by atoms with E-state index >= 15 is 0 Å². The van der Waals surface area contributed by atoms with Crippen molar-refractivity contribution in [2.45, 2.75) is 31.8 Å². The zero-order valence-corrected chi connectivity index (χ0v) is 15.4. The molecule has 0 radical (unpaired) electrons. The van der Waals surface area contributed by atoms with Gasteiger partial charge in [-0.1, -0.05) is 42.5 Å². The van der Waals surface area contributed by atoms with Gasteiger partial charge in [0.25, 0.3) is 0 Å². The number of aromatic nitrogens is 2. The molecule has 4 nitrogen and oxygen atoms in total. The van der Waals surface area contributed by atoms with Crippen LogP contribution in [0.5, 0.6) is 0 Å². The van der Waals surface area contributed by atoms with Gasteiger partial charge < -0.3 is 10.2 Å². The van der Waals surface area contributed by atoms with Crippen LogP contribution in [-0.2, 0) is 13.0 Å². The average Bonchev–Trinajstić information content (AvgIpc) is 3.11. The van der Waals surface area contributed by atoms with E-state index in [1.54, 1.807) is 0 Å². The second kappa shape index (κ2) is 7.12. The lowest BCUT2D eigenvalue weighted by Crippen LogP contribution is -2.46. The van der Waals surface area contributed by atoms with Crippen LogP contribution in [0.3, 0.4) is 0 Å². The lowest BCUT2D eigenvalue weighted by Gasteiger charge is -2.33. The molecule has 2 aliphatic rings. The number of hydrogen-bond donors (Lipinski definition) is 1. The van der Waals surface area contributed by atoms with Crippen LogP contribution in [0.25, 0.3) is 11.1 Å². The minimum Gasteiger partial charge on any atom is -0.339 e. The molecule has 2 heterocycles. The Hall–Kier alpha value is -2.72. The van der Waals surface area contributed by atoms with Gasteiger partial charge in [0.15, 0.2) is 0 Å². The molecular formula is C23H24N4. The zero-order chi connectivity index (χ0) is 18.1. The Balaban J connectivity index is 1.24. The molecule has 0 amide bonds. The molecule has 0 saturated carbocycles. The highest BCUT2D eigenvalue weighted by Gasteiger charge is 2.22. The lowest BCUT2D eigenvalue weighted by atomic mass is 10.0. The summed E-state index contributed by atoms with van der Waals surface area (Å²) >= 11 is 0. The molecule has 1 aliphatic carbocycles. The average molecular weight is 356 g/mol. The van der Waals surface area contributed by atoms with Crippen LogP contribution in [0, 0.1) is 0 Å². The van der Waals surface area contributed by atoms with E-state index in [0.29, 0.717) is 6.04 Å². The molecule has 1 unspecified atom stereocenters. The minimum absolute atomic E-state index is 0.480. The lowest BCUT2D eigenvalue weighted by molar-refractivity contribution is 0.418. The first-order valence-electron chi connectivity index (χ1n) is 9.82. The van der Waals surface area contributed by atoms with Crippen molar-refractivity contribution in [2.24, 2.45) is 0 Å². The molecule has 1 aromatic heterocycles. The number of nitrogens with zero attached hydrogens (tertiary/aromatic N) is 3. The largest absolute Gasteiger partial charge is 0.339 e. The summed E-state index contributed by atoms with van der Waals surface area (Å²) in [7, 11) is 0. The monoisotopic (exact) mass is 356 g/mol. The molecular weight excluding hydrogens is 332 g/mol. The van der Waals surface area contributed by atoms with Gasteiger partial charge in [0.1, 0.15) is 0 Å². The highest BCUT2D eigenvalue weighted by Crippen LogP contribution is 2.36. The maximum Gasteiger partial charge on any atom is 0.225 e. The standard InChI is InChI=1S/C23H24N4/c1-2-7-21-18(5-1)14-19-13-17(8-9-22(19)21)15-26-20-6-3-12-27(16-20)23-24-10-4-11-25-23/h1-2,4-5,7-11,13,20,26H,3,6,12,14-16H2. The third-order valence-corrected chi connectivity index (χ3v) is 5.71. The number of benzene rings is 2. The number of hydrogen-bond acceptors (Lipinski definition) is 4. The maximum absolute atomic E-state index is 4.40. The van der Waals surface area contributed by atoms with Crippen LogP contribution in [0.15, 0.2) is 60.9 Å². The Morgan fingerprint density at radius 3 is 2.74 bits per heavy atom. The molecule has 1 N–H and O–H groups in total. The molecule has 2 aromatic carbocycles. The Morgan fingerprint density at radius 2 is 1.81 bits per heavy atom. The van der Waals surface area contributed by atoms with Gasteiger partial charge in [-0.15, -0.1) is 0 Å². The van der Waals surface area contributed by atoms with Crippen molar-refractivity contribution in [3.63, 3.8) is 0 Å². The van der Waals surface area contributed by atoms with Crippen LogP contribution < -0.4 is 10.2 Å². The van der Waals surface area contributed by atoms with Gasteiger partial charge in [0, 0.05) is 38.1 Å². The zero-order valence-electron chi connectivity index (χ0n) is 15.4. The van der Waals surface area contributed by atoms with Crippen LogP contribution in [0.4, 0.5) is 5.95 Å². The molecule has 1 saturated heterocycles. The Kier molecular flexibility index (Phi) is 4.34. The third kappa shape index (κ3) is 3.33. The summed E-state index contributed by atoms with van der Waals surface area (Å²) in [6.07, 6.45) is 7.08. The SMILES string of the molecule is c1cnc(N2CCCC(NCc3ccc4c(c3)Cc3ccccc3-4)C2)nc1. The number of rotatable bonds is 4. The molecule has 5 rings (SSSR count). The second-order valence-electron chi connectivity index (χ2n) is 7.54. The molecule has 0 spiro atoms. The normalized spacial score (nSPS) is 18.2. The van der Waals surface area contributed by atoms with Crippen molar-refractivity contribution in [1.82, 2.24) is 15.3 Å². The van der Waals surface area contributed by atoms with Crippen molar-refractivity contribution in [3.8, 4) is 11.1 Å². The predicted molar refractivity (Wildman–Crippen MR) is 109 cm³/mol. The topological polar surface area (TPSA) is 41.1 Å². The molecule has 136 valence electrons. The summed E-state index contributed by atoms with van der Waals surface area (Å²) in [5.41, 5.74) is 7.08. The quantitative estimate of drug-likeness (QED) is 0.604. The van der Waals surface area contributed by atoms with Gasteiger partial charge in [-0.3, -0.25) is 0 Å². The van der Waals surface area contributed by atoms with Gasteiger partial charge in [0.05, 0.1) is 0 Å². The van der Waals surface area contributed by atoms with Gasteiger partial charge in [-0.2, -0.15) is 0 Å². The maximum atomic E-state index is 4.40. The second-order valence-corrected chi connectivity index (χ2v) is 7.54. The van der Waals surface area contributed by atoms with E-state index in [4.69, 9.17) is 0 Å². The summed E-state index contributed by atoms with van der Waals surface area (Å²) in [6, 6.07) is 18.0. The Bertz CT molecular complexity index is 938. The van der Waals surface area contributed by atoms with Crippen LogP contribution in [-0.4, -0.2) is 29.1 Å². The van der Waals surface area contributed by atoms with E-state index in [-0.39, 0.29) is 0 Å².